The van der Waals surface area contributed by atoms with Crippen molar-refractivity contribution in [3.05, 3.63) is 0 Å². The van der Waals surface area contributed by atoms with Crippen LogP contribution in [-0.4, -0.2) is 12.7 Å². The lowest BCUT2D eigenvalue weighted by molar-refractivity contribution is 0.163. The van der Waals surface area contributed by atoms with Crippen LogP contribution < -0.4 is 5.73 Å². The predicted octanol–water partition coefficient (Wildman–Crippen LogP) is 0.963. The summed E-state index contributed by atoms with van der Waals surface area (Å²) >= 11 is 0. The Morgan fingerprint density at radius 2 is 2.29 bits per heavy atom. The number of carbonyl (C=O) groups is 1. The fourth-order valence-corrected chi connectivity index (χ4v) is 0.142. The van der Waals surface area contributed by atoms with E-state index in [-0.39, 0.29) is 9.90 Å². The Hall–Kier alpha value is -0.300. The van der Waals surface area contributed by atoms with Crippen LogP contribution in [0.15, 0.2) is 0 Å². The molecule has 0 spiro atoms. The standard InChI is InChI=1S/C3H7NO2.P/c1-2-6-3(4)5;/h2H2,1H3,(H2,4,5);. The molecule has 7 heavy (non-hydrogen) atoms. The lowest BCUT2D eigenvalue weighted by Crippen LogP contribution is -2.11. The summed E-state index contributed by atoms with van der Waals surface area (Å²) in [5.74, 6) is 0. The van der Waals surface area contributed by atoms with E-state index >= 15 is 0 Å². The largest absolute Gasteiger partial charge is 0.450 e. The Morgan fingerprint density at radius 1 is 1.86 bits per heavy atom. The molecular formula is C3H7NO2P. The molecule has 3 nitrogen and oxygen atoms in total. The molecule has 41 valence electrons. The number of ether oxygens (including phenoxy) is 1. The van der Waals surface area contributed by atoms with Gasteiger partial charge in [-0.1, -0.05) is 0 Å². The van der Waals surface area contributed by atoms with Crippen LogP contribution in [0.25, 0.3) is 0 Å². The summed E-state index contributed by atoms with van der Waals surface area (Å²) < 4.78 is 4.18. The van der Waals surface area contributed by atoms with E-state index in [1.807, 2.05) is 0 Å². The monoisotopic (exact) mass is 120 g/mol. The van der Waals surface area contributed by atoms with Gasteiger partial charge in [-0.3, -0.25) is 0 Å². The first-order valence-corrected chi connectivity index (χ1v) is 1.69. The smallest absolute Gasteiger partial charge is 0.404 e. The van der Waals surface area contributed by atoms with Gasteiger partial charge >= 0.3 is 6.09 Å². The summed E-state index contributed by atoms with van der Waals surface area (Å²) in [4.78, 5) is 9.60. The van der Waals surface area contributed by atoms with E-state index < -0.39 is 6.09 Å². The molecule has 0 aromatic carbocycles. The molecule has 0 unspecified atom stereocenters. The number of rotatable bonds is 1. The molecule has 0 aliphatic carbocycles. The van der Waals surface area contributed by atoms with Gasteiger partial charge in [-0.15, -0.1) is 0 Å². The van der Waals surface area contributed by atoms with E-state index in [9.17, 15) is 4.79 Å². The first-order chi connectivity index (χ1) is 2.77. The van der Waals surface area contributed by atoms with Gasteiger partial charge in [0.15, 0.2) is 0 Å². The predicted molar refractivity (Wildman–Crippen MR) is 28.1 cm³/mol. The summed E-state index contributed by atoms with van der Waals surface area (Å²) in [5, 5.41) is 0. The molecule has 0 fully saturated rings. The summed E-state index contributed by atoms with van der Waals surface area (Å²) in [6, 6.07) is 0. The number of amides is 1. The Bertz CT molecular complexity index is 56.9. The Balaban J connectivity index is 0. The molecule has 1 amide bonds. The van der Waals surface area contributed by atoms with Gasteiger partial charge in [0.1, 0.15) is 0 Å². The van der Waals surface area contributed by atoms with Crippen molar-refractivity contribution >= 4 is 16.0 Å². The van der Waals surface area contributed by atoms with Crippen LogP contribution >= 0.6 is 9.90 Å². The molecule has 0 rings (SSSR count). The Morgan fingerprint density at radius 3 is 2.29 bits per heavy atom. The highest BCUT2D eigenvalue weighted by Crippen LogP contribution is 1.66. The molecule has 0 aliphatic rings. The first kappa shape index (κ1) is 9.85. The number of nitrogens with two attached hydrogens (primary N) is 1. The minimum absolute atomic E-state index is 0. The minimum atomic E-state index is -0.711. The van der Waals surface area contributed by atoms with E-state index in [0.717, 1.165) is 0 Å². The van der Waals surface area contributed by atoms with Crippen LogP contribution in [0.1, 0.15) is 6.92 Å². The number of carbonyl (C=O) groups excluding carboxylic acids is 1. The van der Waals surface area contributed by atoms with Crippen LogP contribution in [-0.2, 0) is 4.74 Å². The molecule has 0 heterocycles. The highest BCUT2D eigenvalue weighted by Gasteiger charge is 1.82. The molecule has 0 aromatic heterocycles. The number of primary amides is 1. The third-order valence-electron chi connectivity index (χ3n) is 0.287. The lowest BCUT2D eigenvalue weighted by Gasteiger charge is -1.89. The molecule has 0 saturated heterocycles. The zero-order valence-corrected chi connectivity index (χ0v) is 4.94. The zero-order valence-electron chi connectivity index (χ0n) is 4.05. The van der Waals surface area contributed by atoms with Crippen molar-refractivity contribution in [2.24, 2.45) is 5.73 Å². The van der Waals surface area contributed by atoms with Crippen molar-refractivity contribution in [3.63, 3.8) is 0 Å². The van der Waals surface area contributed by atoms with Crippen molar-refractivity contribution in [1.29, 1.82) is 0 Å². The highest BCUT2D eigenvalue weighted by molar-refractivity contribution is 6.92. The van der Waals surface area contributed by atoms with Crippen LogP contribution in [0.2, 0.25) is 0 Å². The minimum Gasteiger partial charge on any atom is -0.450 e. The van der Waals surface area contributed by atoms with Gasteiger partial charge in [0.2, 0.25) is 0 Å². The van der Waals surface area contributed by atoms with Gasteiger partial charge in [0.05, 0.1) is 6.61 Å². The van der Waals surface area contributed by atoms with Crippen LogP contribution in [0.3, 0.4) is 0 Å². The molecule has 0 bridgehead atoms. The summed E-state index contributed by atoms with van der Waals surface area (Å²) in [5.41, 5.74) is 4.54. The van der Waals surface area contributed by atoms with Crippen LogP contribution in [0.4, 0.5) is 4.79 Å². The second kappa shape index (κ2) is 5.70. The topological polar surface area (TPSA) is 52.3 Å². The third kappa shape index (κ3) is 10.7. The van der Waals surface area contributed by atoms with Gasteiger partial charge in [0, 0.05) is 9.90 Å². The SMILES string of the molecule is CCOC(N)=O.[P]. The maximum atomic E-state index is 9.60. The van der Waals surface area contributed by atoms with Crippen molar-refractivity contribution in [1.82, 2.24) is 0 Å². The molecule has 0 saturated carbocycles. The molecule has 3 radical (unpaired) electrons. The van der Waals surface area contributed by atoms with E-state index in [2.05, 4.69) is 10.5 Å². The molecule has 0 aliphatic heterocycles. The average Bonchev–Trinajstić information content (AvgIpc) is 1.35. The van der Waals surface area contributed by atoms with Gasteiger partial charge in [0.25, 0.3) is 0 Å². The Labute approximate surface area is 45.8 Å². The highest BCUT2D eigenvalue weighted by atomic mass is 31.0. The number of hydrogen-bond acceptors (Lipinski definition) is 2. The zero-order chi connectivity index (χ0) is 4.99. The summed E-state index contributed by atoms with van der Waals surface area (Å²) in [7, 11) is 0. The van der Waals surface area contributed by atoms with Crippen molar-refractivity contribution < 1.29 is 9.53 Å². The summed E-state index contributed by atoms with van der Waals surface area (Å²) in [6.45, 7) is 2.06. The Kier molecular flexibility index (Phi) is 8.02. The van der Waals surface area contributed by atoms with Crippen LogP contribution in [0.5, 0.6) is 0 Å². The second-order valence-electron chi connectivity index (χ2n) is 0.752. The fourth-order valence-electron chi connectivity index (χ4n) is 0.142. The van der Waals surface area contributed by atoms with Gasteiger partial charge in [-0.2, -0.15) is 0 Å². The van der Waals surface area contributed by atoms with Crippen molar-refractivity contribution in [2.75, 3.05) is 6.61 Å². The van der Waals surface area contributed by atoms with Gasteiger partial charge in [-0.05, 0) is 6.92 Å². The van der Waals surface area contributed by atoms with Crippen LogP contribution in [0, 0.1) is 0 Å². The normalized spacial score (nSPS) is 6.43. The fraction of sp³-hybridized carbons (Fsp3) is 0.667. The third-order valence-corrected chi connectivity index (χ3v) is 0.287. The van der Waals surface area contributed by atoms with E-state index in [1.165, 1.54) is 0 Å². The maximum absolute atomic E-state index is 9.60. The quantitative estimate of drug-likeness (QED) is 0.524. The molecule has 0 aromatic rings. The van der Waals surface area contributed by atoms with Crippen molar-refractivity contribution in [2.45, 2.75) is 6.92 Å². The van der Waals surface area contributed by atoms with Gasteiger partial charge < -0.3 is 10.5 Å². The van der Waals surface area contributed by atoms with E-state index in [0.29, 0.717) is 6.61 Å². The van der Waals surface area contributed by atoms with Gasteiger partial charge in [-0.25, -0.2) is 4.79 Å². The average molecular weight is 120 g/mol. The van der Waals surface area contributed by atoms with E-state index in [1.54, 1.807) is 6.92 Å². The molecule has 4 heteroatoms. The lowest BCUT2D eigenvalue weighted by atomic mass is 10.9. The number of hydrogen-bond donors (Lipinski definition) is 1. The molecule has 0 atom stereocenters. The first-order valence-electron chi connectivity index (χ1n) is 1.69. The van der Waals surface area contributed by atoms with E-state index in [4.69, 9.17) is 0 Å². The van der Waals surface area contributed by atoms with Crippen molar-refractivity contribution in [3.8, 4) is 0 Å². The summed E-state index contributed by atoms with van der Waals surface area (Å²) in [6.07, 6.45) is -0.711. The molecular weight excluding hydrogens is 113 g/mol. The second-order valence-corrected chi connectivity index (χ2v) is 0.752. The maximum Gasteiger partial charge on any atom is 0.404 e. The molecule has 2 N–H and O–H groups in total.